The summed E-state index contributed by atoms with van der Waals surface area (Å²) in [4.78, 5) is 2.31. The average molecular weight is 266 g/mol. The van der Waals surface area contributed by atoms with Crippen LogP contribution in [0.15, 0.2) is 18.2 Å². The molecular formula is C14H20ClN3. The highest BCUT2D eigenvalue weighted by Gasteiger charge is 2.24. The van der Waals surface area contributed by atoms with Crippen LogP contribution in [0.2, 0.25) is 5.02 Å². The lowest BCUT2D eigenvalue weighted by Crippen LogP contribution is -2.39. The van der Waals surface area contributed by atoms with Gasteiger partial charge in [-0.3, -0.25) is 5.41 Å². The molecule has 0 radical (unpaired) electrons. The Balaban J connectivity index is 2.36. The van der Waals surface area contributed by atoms with E-state index in [-0.39, 0.29) is 5.84 Å². The maximum Gasteiger partial charge on any atom is 0.124 e. The summed E-state index contributed by atoms with van der Waals surface area (Å²) in [5.74, 6) is 1.42. The molecule has 0 bridgehead atoms. The number of hydrogen-bond donors (Lipinski definition) is 2. The predicted octanol–water partition coefficient (Wildman–Crippen LogP) is 3.11. The van der Waals surface area contributed by atoms with Crippen molar-refractivity contribution in [2.75, 3.05) is 18.0 Å². The van der Waals surface area contributed by atoms with Crippen LogP contribution >= 0.6 is 11.6 Å². The van der Waals surface area contributed by atoms with Gasteiger partial charge in [-0.05, 0) is 36.5 Å². The maximum absolute atomic E-state index is 7.67. The first-order chi connectivity index (χ1) is 8.47. The number of nitrogens with two attached hydrogens (primary N) is 1. The third-order valence-corrected chi connectivity index (χ3v) is 3.69. The Morgan fingerprint density at radius 2 is 1.94 bits per heavy atom. The number of anilines is 1. The average Bonchev–Trinajstić information content (AvgIpc) is 2.27. The Labute approximate surface area is 113 Å². The van der Waals surface area contributed by atoms with E-state index in [1.54, 1.807) is 6.07 Å². The summed E-state index contributed by atoms with van der Waals surface area (Å²) in [5, 5.41) is 8.37. The van der Waals surface area contributed by atoms with Crippen molar-refractivity contribution in [3.63, 3.8) is 0 Å². The highest BCUT2D eigenvalue weighted by atomic mass is 35.5. The highest BCUT2D eigenvalue weighted by Crippen LogP contribution is 2.30. The first-order valence-electron chi connectivity index (χ1n) is 6.36. The van der Waals surface area contributed by atoms with E-state index in [9.17, 15) is 0 Å². The largest absolute Gasteiger partial charge is 0.384 e. The molecule has 1 saturated heterocycles. The molecule has 18 heavy (non-hydrogen) atoms. The van der Waals surface area contributed by atoms with E-state index in [2.05, 4.69) is 18.7 Å². The van der Waals surface area contributed by atoms with E-state index in [0.29, 0.717) is 16.9 Å². The van der Waals surface area contributed by atoms with Crippen LogP contribution in [-0.4, -0.2) is 18.9 Å². The fraction of sp³-hybridized carbons (Fsp3) is 0.500. The molecule has 2 unspecified atom stereocenters. The number of rotatable bonds is 2. The predicted molar refractivity (Wildman–Crippen MR) is 77.6 cm³/mol. The Kier molecular flexibility index (Phi) is 3.81. The number of hydrogen-bond acceptors (Lipinski definition) is 2. The molecule has 0 aliphatic carbocycles. The van der Waals surface area contributed by atoms with Crippen molar-refractivity contribution >= 4 is 23.1 Å². The number of nitrogens with one attached hydrogen (secondary N) is 1. The fourth-order valence-corrected chi connectivity index (χ4v) is 3.02. The number of amidine groups is 1. The molecule has 3 N–H and O–H groups in total. The molecule has 1 aromatic rings. The Bertz CT molecular complexity index is 448. The molecule has 3 nitrogen and oxygen atoms in total. The lowest BCUT2D eigenvalue weighted by atomic mass is 9.91. The summed E-state index contributed by atoms with van der Waals surface area (Å²) in [5.41, 5.74) is 7.43. The normalized spacial score (nSPS) is 24.1. The number of benzene rings is 1. The lowest BCUT2D eigenvalue weighted by Gasteiger charge is -2.37. The first-order valence-corrected chi connectivity index (χ1v) is 6.74. The summed E-state index contributed by atoms with van der Waals surface area (Å²) >= 11 is 6.08. The van der Waals surface area contributed by atoms with Crippen LogP contribution in [0.25, 0.3) is 0 Å². The summed E-state index contributed by atoms with van der Waals surface area (Å²) in [6.45, 7) is 6.54. The lowest BCUT2D eigenvalue weighted by molar-refractivity contribution is 0.357. The zero-order valence-electron chi connectivity index (χ0n) is 10.9. The van der Waals surface area contributed by atoms with Crippen molar-refractivity contribution < 1.29 is 0 Å². The van der Waals surface area contributed by atoms with Crippen molar-refractivity contribution in [2.24, 2.45) is 17.6 Å². The Morgan fingerprint density at radius 1 is 1.33 bits per heavy atom. The molecule has 0 amide bonds. The minimum absolute atomic E-state index is 0.104. The van der Waals surface area contributed by atoms with Crippen LogP contribution in [-0.2, 0) is 0 Å². The fourth-order valence-electron chi connectivity index (χ4n) is 2.85. The zero-order chi connectivity index (χ0) is 13.3. The summed E-state index contributed by atoms with van der Waals surface area (Å²) < 4.78 is 0. The minimum Gasteiger partial charge on any atom is -0.384 e. The van der Waals surface area contributed by atoms with Gasteiger partial charge < -0.3 is 10.6 Å². The van der Waals surface area contributed by atoms with E-state index in [1.807, 2.05) is 12.1 Å². The molecule has 1 aromatic carbocycles. The second-order valence-corrected chi connectivity index (χ2v) is 5.86. The van der Waals surface area contributed by atoms with Gasteiger partial charge in [0.2, 0.25) is 0 Å². The van der Waals surface area contributed by atoms with Crippen molar-refractivity contribution in [1.82, 2.24) is 0 Å². The number of halogens is 1. The maximum atomic E-state index is 7.67. The molecule has 0 saturated carbocycles. The topological polar surface area (TPSA) is 53.1 Å². The SMILES string of the molecule is CC1CC(C)CN(c2cc(Cl)ccc2C(=N)N)C1. The van der Waals surface area contributed by atoms with Gasteiger partial charge in [-0.25, -0.2) is 0 Å². The molecule has 1 fully saturated rings. The highest BCUT2D eigenvalue weighted by molar-refractivity contribution is 6.31. The van der Waals surface area contributed by atoms with Gasteiger partial charge in [-0.2, -0.15) is 0 Å². The van der Waals surface area contributed by atoms with Crippen LogP contribution in [0.3, 0.4) is 0 Å². The number of nitrogen functional groups attached to an aromatic ring is 1. The molecular weight excluding hydrogens is 246 g/mol. The Morgan fingerprint density at radius 3 is 2.50 bits per heavy atom. The van der Waals surface area contributed by atoms with Gasteiger partial charge in [0.05, 0.1) is 0 Å². The van der Waals surface area contributed by atoms with Crippen LogP contribution in [0, 0.1) is 17.2 Å². The monoisotopic (exact) mass is 265 g/mol. The van der Waals surface area contributed by atoms with Crippen LogP contribution in [0.1, 0.15) is 25.8 Å². The molecule has 98 valence electrons. The van der Waals surface area contributed by atoms with Crippen molar-refractivity contribution in [3.05, 3.63) is 28.8 Å². The molecule has 1 aliphatic rings. The van der Waals surface area contributed by atoms with Crippen molar-refractivity contribution in [1.29, 1.82) is 5.41 Å². The molecule has 0 spiro atoms. The van der Waals surface area contributed by atoms with Crippen LogP contribution in [0.5, 0.6) is 0 Å². The third kappa shape index (κ3) is 2.78. The standard InChI is InChI=1S/C14H20ClN3/c1-9-5-10(2)8-18(7-9)13-6-11(15)3-4-12(13)14(16)17/h3-4,6,9-10H,5,7-8H2,1-2H3,(H3,16,17). The van der Waals surface area contributed by atoms with Crippen molar-refractivity contribution in [3.8, 4) is 0 Å². The van der Waals surface area contributed by atoms with Gasteiger partial charge in [0, 0.05) is 29.4 Å². The van der Waals surface area contributed by atoms with Gasteiger partial charge in [-0.1, -0.05) is 25.4 Å². The van der Waals surface area contributed by atoms with E-state index in [4.69, 9.17) is 22.7 Å². The Hall–Kier alpha value is -1.22. The zero-order valence-corrected chi connectivity index (χ0v) is 11.7. The van der Waals surface area contributed by atoms with Crippen molar-refractivity contribution in [2.45, 2.75) is 20.3 Å². The van der Waals surface area contributed by atoms with E-state index < -0.39 is 0 Å². The molecule has 1 heterocycles. The summed E-state index contributed by atoms with van der Waals surface area (Å²) in [6, 6.07) is 5.55. The van der Waals surface area contributed by atoms with E-state index in [1.165, 1.54) is 6.42 Å². The van der Waals surface area contributed by atoms with Crippen LogP contribution in [0.4, 0.5) is 5.69 Å². The second-order valence-electron chi connectivity index (χ2n) is 5.43. The minimum atomic E-state index is 0.104. The summed E-state index contributed by atoms with van der Waals surface area (Å²) in [7, 11) is 0. The third-order valence-electron chi connectivity index (χ3n) is 3.46. The second kappa shape index (κ2) is 5.19. The van der Waals surface area contributed by atoms with Crippen LogP contribution < -0.4 is 10.6 Å². The van der Waals surface area contributed by atoms with E-state index >= 15 is 0 Å². The van der Waals surface area contributed by atoms with Gasteiger partial charge in [0.25, 0.3) is 0 Å². The van der Waals surface area contributed by atoms with E-state index in [0.717, 1.165) is 24.3 Å². The number of piperidine rings is 1. The molecule has 2 atom stereocenters. The van der Waals surface area contributed by atoms with Gasteiger partial charge >= 0.3 is 0 Å². The van der Waals surface area contributed by atoms with Gasteiger partial charge in [0.15, 0.2) is 0 Å². The van der Waals surface area contributed by atoms with Gasteiger partial charge in [0.1, 0.15) is 5.84 Å². The first kappa shape index (κ1) is 13.2. The molecule has 4 heteroatoms. The summed E-state index contributed by atoms with van der Waals surface area (Å²) in [6.07, 6.45) is 1.26. The number of nitrogens with zero attached hydrogens (tertiary/aromatic N) is 1. The van der Waals surface area contributed by atoms with Gasteiger partial charge in [-0.15, -0.1) is 0 Å². The quantitative estimate of drug-likeness (QED) is 0.638. The molecule has 1 aliphatic heterocycles. The smallest absolute Gasteiger partial charge is 0.124 e. The molecule has 2 rings (SSSR count). The molecule has 0 aromatic heterocycles.